The molecule has 2 aromatic carbocycles. The minimum atomic E-state index is 0.170. The predicted molar refractivity (Wildman–Crippen MR) is 95.6 cm³/mol. The zero-order chi connectivity index (χ0) is 15.4. The molecule has 3 rings (SSSR count). The lowest BCUT2D eigenvalue weighted by Gasteiger charge is -2.38. The van der Waals surface area contributed by atoms with Crippen LogP contribution in [0.3, 0.4) is 0 Å². The Balaban J connectivity index is 2.00. The van der Waals surface area contributed by atoms with Crippen LogP contribution in [0.1, 0.15) is 50.2 Å². The summed E-state index contributed by atoms with van der Waals surface area (Å²) in [5.41, 5.74) is 3.04. The molecule has 1 aliphatic rings. The van der Waals surface area contributed by atoms with Crippen molar-refractivity contribution in [2.75, 3.05) is 6.61 Å². The molecule has 0 atom stereocenters. The second-order valence-electron chi connectivity index (χ2n) is 6.11. The summed E-state index contributed by atoms with van der Waals surface area (Å²) in [6, 6.07) is 17.7. The summed E-state index contributed by atoms with van der Waals surface area (Å²) in [6.45, 7) is 2.75. The molecule has 1 fully saturated rings. The summed E-state index contributed by atoms with van der Waals surface area (Å²) in [7, 11) is 0. The van der Waals surface area contributed by atoms with Gasteiger partial charge in [0.15, 0.2) is 0 Å². The third-order valence-corrected chi connectivity index (χ3v) is 5.35. The van der Waals surface area contributed by atoms with Gasteiger partial charge < -0.3 is 4.74 Å². The molecule has 116 valence electrons. The predicted octanol–water partition coefficient (Wildman–Crippen LogP) is 6.10. The fourth-order valence-corrected chi connectivity index (χ4v) is 3.97. The van der Waals surface area contributed by atoms with E-state index in [2.05, 4.69) is 64.5 Å². The van der Waals surface area contributed by atoms with Gasteiger partial charge in [0.25, 0.3) is 0 Å². The number of ether oxygens (including phenoxy) is 1. The standard InChI is InChI=1S/C20H23BrO/c1-2-22-19-12-8-17(9-13-19)20(14-4-3-5-15-20)16-6-10-18(21)11-7-16/h6-13H,2-5,14-15H2,1H3. The van der Waals surface area contributed by atoms with Crippen molar-refractivity contribution in [2.24, 2.45) is 0 Å². The first-order valence-corrected chi connectivity index (χ1v) is 9.03. The molecule has 2 heteroatoms. The third-order valence-electron chi connectivity index (χ3n) is 4.82. The van der Waals surface area contributed by atoms with Crippen LogP contribution in [0.5, 0.6) is 5.75 Å². The summed E-state index contributed by atoms with van der Waals surface area (Å²) in [4.78, 5) is 0. The fourth-order valence-electron chi connectivity index (χ4n) is 3.71. The molecule has 0 heterocycles. The molecule has 1 aliphatic carbocycles. The fraction of sp³-hybridized carbons (Fsp3) is 0.400. The van der Waals surface area contributed by atoms with E-state index in [4.69, 9.17) is 4.74 Å². The van der Waals surface area contributed by atoms with Crippen LogP contribution >= 0.6 is 15.9 Å². The molecule has 0 saturated heterocycles. The van der Waals surface area contributed by atoms with E-state index >= 15 is 0 Å². The Bertz CT molecular complexity index is 595. The van der Waals surface area contributed by atoms with E-state index < -0.39 is 0 Å². The molecule has 0 radical (unpaired) electrons. The molecule has 0 amide bonds. The van der Waals surface area contributed by atoms with Crippen molar-refractivity contribution in [3.05, 3.63) is 64.1 Å². The summed E-state index contributed by atoms with van der Waals surface area (Å²) in [5.74, 6) is 0.966. The van der Waals surface area contributed by atoms with Gasteiger partial charge in [0.2, 0.25) is 0 Å². The largest absolute Gasteiger partial charge is 0.494 e. The van der Waals surface area contributed by atoms with Crippen LogP contribution in [-0.2, 0) is 5.41 Å². The van der Waals surface area contributed by atoms with E-state index in [1.807, 2.05) is 6.92 Å². The number of halogens is 1. The van der Waals surface area contributed by atoms with Gasteiger partial charge in [-0.2, -0.15) is 0 Å². The normalized spacial score (nSPS) is 17.2. The quantitative estimate of drug-likeness (QED) is 0.641. The van der Waals surface area contributed by atoms with Crippen LogP contribution < -0.4 is 4.74 Å². The van der Waals surface area contributed by atoms with Crippen molar-refractivity contribution in [2.45, 2.75) is 44.4 Å². The van der Waals surface area contributed by atoms with E-state index in [1.54, 1.807) is 0 Å². The van der Waals surface area contributed by atoms with Gasteiger partial charge in [0, 0.05) is 9.89 Å². The van der Waals surface area contributed by atoms with Crippen LogP contribution in [0, 0.1) is 0 Å². The highest BCUT2D eigenvalue weighted by molar-refractivity contribution is 9.10. The molecule has 0 bridgehead atoms. The molecule has 0 aromatic heterocycles. The second kappa shape index (κ2) is 6.87. The maximum absolute atomic E-state index is 5.60. The molecule has 0 unspecified atom stereocenters. The average Bonchev–Trinajstić information content (AvgIpc) is 2.57. The van der Waals surface area contributed by atoms with Gasteiger partial charge in [-0.15, -0.1) is 0 Å². The zero-order valence-electron chi connectivity index (χ0n) is 13.1. The Morgan fingerprint density at radius 2 is 1.41 bits per heavy atom. The van der Waals surface area contributed by atoms with E-state index in [-0.39, 0.29) is 5.41 Å². The maximum Gasteiger partial charge on any atom is 0.119 e. The Hall–Kier alpha value is -1.28. The molecule has 2 aromatic rings. The SMILES string of the molecule is CCOc1ccc(C2(c3ccc(Br)cc3)CCCCC2)cc1. The van der Waals surface area contributed by atoms with Gasteiger partial charge >= 0.3 is 0 Å². The monoisotopic (exact) mass is 358 g/mol. The molecule has 1 nitrogen and oxygen atoms in total. The first-order chi connectivity index (χ1) is 10.7. The summed E-state index contributed by atoms with van der Waals surface area (Å²) in [5, 5.41) is 0. The van der Waals surface area contributed by atoms with Crippen molar-refractivity contribution in [3.63, 3.8) is 0 Å². The lowest BCUT2D eigenvalue weighted by atomic mass is 9.65. The highest BCUT2D eigenvalue weighted by Gasteiger charge is 2.35. The van der Waals surface area contributed by atoms with Gasteiger partial charge in [0.05, 0.1) is 6.61 Å². The summed E-state index contributed by atoms with van der Waals surface area (Å²) >= 11 is 3.55. The number of benzene rings is 2. The highest BCUT2D eigenvalue weighted by Crippen LogP contribution is 2.45. The molecular formula is C20H23BrO. The molecule has 22 heavy (non-hydrogen) atoms. The average molecular weight is 359 g/mol. The zero-order valence-corrected chi connectivity index (χ0v) is 14.7. The van der Waals surface area contributed by atoms with Crippen LogP contribution in [0.15, 0.2) is 53.0 Å². The Morgan fingerprint density at radius 1 is 0.864 bits per heavy atom. The second-order valence-corrected chi connectivity index (χ2v) is 7.02. The maximum atomic E-state index is 5.60. The van der Waals surface area contributed by atoms with E-state index in [0.717, 1.165) is 16.8 Å². The van der Waals surface area contributed by atoms with Gasteiger partial charge in [-0.25, -0.2) is 0 Å². The minimum absolute atomic E-state index is 0.170. The molecule has 0 N–H and O–H groups in total. The molecule has 0 spiro atoms. The van der Waals surface area contributed by atoms with Crippen molar-refractivity contribution in [1.29, 1.82) is 0 Å². The summed E-state index contributed by atoms with van der Waals surface area (Å²) < 4.78 is 6.74. The molecular weight excluding hydrogens is 336 g/mol. The van der Waals surface area contributed by atoms with Crippen LogP contribution in [0.25, 0.3) is 0 Å². The Labute approximate surface area is 141 Å². The van der Waals surface area contributed by atoms with Gasteiger partial charge in [0.1, 0.15) is 5.75 Å². The lowest BCUT2D eigenvalue weighted by molar-refractivity contribution is 0.335. The van der Waals surface area contributed by atoms with Crippen molar-refractivity contribution in [1.82, 2.24) is 0 Å². The van der Waals surface area contributed by atoms with Crippen LogP contribution in [0.2, 0.25) is 0 Å². The van der Waals surface area contributed by atoms with Crippen LogP contribution in [-0.4, -0.2) is 6.61 Å². The Kier molecular flexibility index (Phi) is 4.87. The number of hydrogen-bond donors (Lipinski definition) is 0. The lowest BCUT2D eigenvalue weighted by Crippen LogP contribution is -2.30. The first kappa shape index (κ1) is 15.6. The van der Waals surface area contributed by atoms with E-state index in [1.165, 1.54) is 43.2 Å². The van der Waals surface area contributed by atoms with E-state index in [9.17, 15) is 0 Å². The van der Waals surface area contributed by atoms with Gasteiger partial charge in [-0.3, -0.25) is 0 Å². The van der Waals surface area contributed by atoms with Gasteiger partial charge in [-0.05, 0) is 55.2 Å². The van der Waals surface area contributed by atoms with Gasteiger partial charge in [-0.1, -0.05) is 59.5 Å². The number of rotatable bonds is 4. The highest BCUT2D eigenvalue weighted by atomic mass is 79.9. The van der Waals surface area contributed by atoms with Crippen molar-refractivity contribution < 1.29 is 4.74 Å². The topological polar surface area (TPSA) is 9.23 Å². The van der Waals surface area contributed by atoms with Crippen molar-refractivity contribution in [3.8, 4) is 5.75 Å². The number of hydrogen-bond acceptors (Lipinski definition) is 1. The third kappa shape index (κ3) is 3.08. The smallest absolute Gasteiger partial charge is 0.119 e. The first-order valence-electron chi connectivity index (χ1n) is 8.24. The van der Waals surface area contributed by atoms with E-state index in [0.29, 0.717) is 0 Å². The summed E-state index contributed by atoms with van der Waals surface area (Å²) in [6.07, 6.45) is 6.45. The Morgan fingerprint density at radius 3 is 1.95 bits per heavy atom. The molecule has 1 saturated carbocycles. The molecule has 0 aliphatic heterocycles. The van der Waals surface area contributed by atoms with Crippen LogP contribution in [0.4, 0.5) is 0 Å². The van der Waals surface area contributed by atoms with Crippen molar-refractivity contribution >= 4 is 15.9 Å². The minimum Gasteiger partial charge on any atom is -0.494 e.